The van der Waals surface area contributed by atoms with E-state index in [4.69, 9.17) is 4.74 Å². The first-order valence-electron chi connectivity index (χ1n) is 8.39. The first-order valence-corrected chi connectivity index (χ1v) is 9.18. The van der Waals surface area contributed by atoms with Crippen molar-refractivity contribution in [2.75, 3.05) is 31.1 Å². The zero-order valence-electron chi connectivity index (χ0n) is 14.4. The Morgan fingerprint density at radius 1 is 1.19 bits per heavy atom. The molecule has 1 fully saturated rings. The summed E-state index contributed by atoms with van der Waals surface area (Å²) >= 11 is 3.24. The molecule has 5 nitrogen and oxygen atoms in total. The van der Waals surface area contributed by atoms with Crippen LogP contribution in [0.25, 0.3) is 0 Å². The molecule has 0 bridgehead atoms. The third-order valence-corrected chi connectivity index (χ3v) is 4.98. The van der Waals surface area contributed by atoms with Gasteiger partial charge >= 0.3 is 0 Å². The van der Waals surface area contributed by atoms with E-state index in [1.807, 2.05) is 12.1 Å². The van der Waals surface area contributed by atoms with Gasteiger partial charge in [0, 0.05) is 26.2 Å². The number of ether oxygens (including phenoxy) is 1. The second-order valence-electron chi connectivity index (χ2n) is 6.14. The van der Waals surface area contributed by atoms with E-state index in [1.54, 1.807) is 24.0 Å². The lowest BCUT2D eigenvalue weighted by Gasteiger charge is -2.37. The van der Waals surface area contributed by atoms with Gasteiger partial charge in [-0.25, -0.2) is 4.39 Å². The van der Waals surface area contributed by atoms with Crippen LogP contribution in [-0.4, -0.2) is 48.2 Å². The highest BCUT2D eigenvalue weighted by Gasteiger charge is 2.27. The summed E-state index contributed by atoms with van der Waals surface area (Å²) in [6, 6.07) is 11.3. The van der Waals surface area contributed by atoms with Crippen LogP contribution in [0.15, 0.2) is 46.9 Å². The highest BCUT2D eigenvalue weighted by Crippen LogP contribution is 2.28. The molecular formula is C19H20BrFN2O3. The Hall–Kier alpha value is -2.28. The maximum Gasteiger partial charge on any atom is 0.263 e. The van der Waals surface area contributed by atoms with Crippen molar-refractivity contribution in [1.29, 1.82) is 0 Å². The topological polar surface area (TPSA) is 53.0 Å². The van der Waals surface area contributed by atoms with Gasteiger partial charge in [0.15, 0.2) is 6.10 Å². The number of aromatic hydroxyl groups is 1. The van der Waals surface area contributed by atoms with E-state index in [0.717, 1.165) is 5.69 Å². The minimum absolute atomic E-state index is 0.113. The summed E-state index contributed by atoms with van der Waals surface area (Å²) in [5.74, 6) is 0.187. The van der Waals surface area contributed by atoms with Crippen LogP contribution in [-0.2, 0) is 4.79 Å². The molecule has 1 unspecified atom stereocenters. The molecule has 0 spiro atoms. The molecule has 0 aliphatic carbocycles. The molecule has 1 aliphatic heterocycles. The molecule has 1 N–H and O–H groups in total. The molecule has 0 aromatic heterocycles. The van der Waals surface area contributed by atoms with E-state index < -0.39 is 6.10 Å². The quantitative estimate of drug-likeness (QED) is 0.819. The third-order valence-electron chi connectivity index (χ3n) is 4.36. The van der Waals surface area contributed by atoms with Gasteiger partial charge in [-0.15, -0.1) is 0 Å². The van der Waals surface area contributed by atoms with Gasteiger partial charge in [-0.3, -0.25) is 4.79 Å². The molecule has 1 atom stereocenters. The molecule has 2 aromatic rings. The number of hydrogen-bond acceptors (Lipinski definition) is 4. The van der Waals surface area contributed by atoms with E-state index in [2.05, 4.69) is 20.8 Å². The number of para-hydroxylation sites is 2. The number of carbonyl (C=O) groups is 1. The van der Waals surface area contributed by atoms with Gasteiger partial charge in [-0.2, -0.15) is 0 Å². The summed E-state index contributed by atoms with van der Waals surface area (Å²) in [6.45, 7) is 4.05. The zero-order valence-corrected chi connectivity index (χ0v) is 15.9. The van der Waals surface area contributed by atoms with Gasteiger partial charge in [-0.1, -0.05) is 12.1 Å². The summed E-state index contributed by atoms with van der Waals surface area (Å²) in [5.41, 5.74) is 0.777. The highest BCUT2D eigenvalue weighted by molar-refractivity contribution is 9.10. The molecule has 1 saturated heterocycles. The van der Waals surface area contributed by atoms with Crippen LogP contribution in [0, 0.1) is 5.82 Å². The van der Waals surface area contributed by atoms with Crippen molar-refractivity contribution in [3.05, 3.63) is 52.8 Å². The average molecular weight is 423 g/mol. The number of rotatable bonds is 4. The Morgan fingerprint density at radius 2 is 1.88 bits per heavy atom. The van der Waals surface area contributed by atoms with E-state index in [1.165, 1.54) is 18.2 Å². The third kappa shape index (κ3) is 4.09. The molecule has 138 valence electrons. The number of benzene rings is 2. The molecule has 0 radical (unpaired) electrons. The van der Waals surface area contributed by atoms with Gasteiger partial charge in [0.05, 0.1) is 10.2 Å². The maximum absolute atomic E-state index is 13.2. The number of amides is 1. The van der Waals surface area contributed by atoms with Crippen LogP contribution in [0.2, 0.25) is 0 Å². The number of phenolic OH excluding ortho intramolecular Hbond substituents is 1. The second-order valence-corrected chi connectivity index (χ2v) is 6.99. The number of nitrogens with zero attached hydrogens (tertiary/aromatic N) is 2. The Kier molecular flexibility index (Phi) is 5.66. The smallest absolute Gasteiger partial charge is 0.263 e. The minimum Gasteiger partial charge on any atom is -0.506 e. The standard InChI is InChI=1S/C19H20BrFN2O3/c1-13(26-18-7-6-14(21)12-15(18)20)19(25)23-10-8-22(9-11-23)16-4-2-3-5-17(16)24/h2-7,12-13,24H,8-11H2,1H3. The molecule has 3 rings (SSSR count). The molecule has 1 amide bonds. The van der Waals surface area contributed by atoms with Gasteiger partial charge in [-0.05, 0) is 53.2 Å². The minimum atomic E-state index is -0.673. The van der Waals surface area contributed by atoms with Gasteiger partial charge in [0.2, 0.25) is 0 Å². The average Bonchev–Trinajstić information content (AvgIpc) is 2.64. The highest BCUT2D eigenvalue weighted by atomic mass is 79.9. The Balaban J connectivity index is 1.58. The number of piperazine rings is 1. The Bertz CT molecular complexity index is 794. The maximum atomic E-state index is 13.2. The van der Waals surface area contributed by atoms with Gasteiger partial charge in [0.1, 0.15) is 17.3 Å². The first kappa shape index (κ1) is 18.5. The van der Waals surface area contributed by atoms with Crippen molar-refractivity contribution in [2.45, 2.75) is 13.0 Å². The lowest BCUT2D eigenvalue weighted by molar-refractivity contribution is -0.138. The van der Waals surface area contributed by atoms with Crippen molar-refractivity contribution in [1.82, 2.24) is 4.90 Å². The Morgan fingerprint density at radius 3 is 2.54 bits per heavy atom. The molecule has 26 heavy (non-hydrogen) atoms. The lowest BCUT2D eigenvalue weighted by Crippen LogP contribution is -2.52. The molecule has 7 heteroatoms. The fourth-order valence-electron chi connectivity index (χ4n) is 2.97. The summed E-state index contributed by atoms with van der Waals surface area (Å²) < 4.78 is 19.3. The van der Waals surface area contributed by atoms with Crippen LogP contribution in [0.5, 0.6) is 11.5 Å². The molecule has 2 aromatic carbocycles. The van der Waals surface area contributed by atoms with Crippen LogP contribution in [0.1, 0.15) is 6.92 Å². The van der Waals surface area contributed by atoms with Crippen LogP contribution >= 0.6 is 15.9 Å². The Labute approximate surface area is 160 Å². The van der Waals surface area contributed by atoms with Crippen LogP contribution in [0.4, 0.5) is 10.1 Å². The summed E-state index contributed by atoms with van der Waals surface area (Å²) in [4.78, 5) is 16.4. The number of halogens is 2. The summed E-state index contributed by atoms with van der Waals surface area (Å²) in [5, 5.41) is 9.96. The SMILES string of the molecule is CC(Oc1ccc(F)cc1Br)C(=O)N1CCN(c2ccccc2O)CC1. The van der Waals surface area contributed by atoms with E-state index in [-0.39, 0.29) is 17.5 Å². The zero-order chi connectivity index (χ0) is 18.7. The largest absolute Gasteiger partial charge is 0.506 e. The summed E-state index contributed by atoms with van der Waals surface area (Å²) in [7, 11) is 0. The molecule has 0 saturated carbocycles. The monoisotopic (exact) mass is 422 g/mol. The number of anilines is 1. The van der Waals surface area contributed by atoms with E-state index in [0.29, 0.717) is 36.4 Å². The van der Waals surface area contributed by atoms with Crippen LogP contribution < -0.4 is 9.64 Å². The van der Waals surface area contributed by atoms with Gasteiger partial charge < -0.3 is 19.6 Å². The number of phenols is 1. The van der Waals surface area contributed by atoms with Crippen molar-refractivity contribution < 1.29 is 19.0 Å². The summed E-state index contributed by atoms with van der Waals surface area (Å²) in [6.07, 6.45) is -0.673. The predicted octanol–water partition coefficient (Wildman–Crippen LogP) is 3.41. The van der Waals surface area contributed by atoms with E-state index >= 15 is 0 Å². The fraction of sp³-hybridized carbons (Fsp3) is 0.316. The fourth-order valence-corrected chi connectivity index (χ4v) is 3.41. The lowest BCUT2D eigenvalue weighted by atomic mass is 10.2. The molecule has 1 heterocycles. The second kappa shape index (κ2) is 7.95. The predicted molar refractivity (Wildman–Crippen MR) is 101 cm³/mol. The number of hydrogen-bond donors (Lipinski definition) is 1. The normalized spacial score (nSPS) is 15.7. The first-order chi connectivity index (χ1) is 12.5. The van der Waals surface area contributed by atoms with Crippen LogP contribution in [0.3, 0.4) is 0 Å². The van der Waals surface area contributed by atoms with E-state index in [9.17, 15) is 14.3 Å². The van der Waals surface area contributed by atoms with Crippen molar-refractivity contribution in [3.63, 3.8) is 0 Å². The molecule has 1 aliphatic rings. The van der Waals surface area contributed by atoms with Crippen molar-refractivity contribution in [2.24, 2.45) is 0 Å². The molecular weight excluding hydrogens is 403 g/mol. The van der Waals surface area contributed by atoms with Gasteiger partial charge in [0.25, 0.3) is 5.91 Å². The van der Waals surface area contributed by atoms with Crippen molar-refractivity contribution >= 4 is 27.5 Å². The van der Waals surface area contributed by atoms with Crippen molar-refractivity contribution in [3.8, 4) is 11.5 Å². The number of carbonyl (C=O) groups excluding carboxylic acids is 1.